The minimum atomic E-state index is -1.91. The largest absolute Gasteiger partial charge is 0.508 e. The van der Waals surface area contributed by atoms with Gasteiger partial charge in [-0.1, -0.05) is 39.8 Å². The number of hydrogen-bond donors (Lipinski definition) is 19. The van der Waals surface area contributed by atoms with Gasteiger partial charge in [0.2, 0.25) is 65.0 Å². The molecule has 0 bridgehead atoms. The lowest BCUT2D eigenvalue weighted by atomic mass is 9.98. The number of aliphatic hydroxyl groups is 2. The van der Waals surface area contributed by atoms with Gasteiger partial charge in [0, 0.05) is 25.3 Å². The highest BCUT2D eigenvalue weighted by Gasteiger charge is 2.41. The summed E-state index contributed by atoms with van der Waals surface area (Å²) in [7, 11) is 0. The molecule has 86 heavy (non-hydrogen) atoms. The molecule has 32 nitrogen and oxygen atoms in total. The number of likely N-dealkylation sites (tertiary alicyclic amines) is 1. The molecule has 1 saturated heterocycles. The maximum Gasteiger partial charge on any atom is 0.322 e. The van der Waals surface area contributed by atoms with Crippen LogP contribution < -0.4 is 76.5 Å². The van der Waals surface area contributed by atoms with Crippen LogP contribution in [-0.4, -0.2) is 207 Å². The van der Waals surface area contributed by atoms with Crippen molar-refractivity contribution in [2.45, 2.75) is 165 Å². The topological polar surface area (TPSA) is 540 Å². The number of nitrogens with one attached hydrogen (secondary N) is 9. The van der Waals surface area contributed by atoms with E-state index in [0.29, 0.717) is 18.4 Å². The third-order valence-electron chi connectivity index (χ3n) is 13.4. The molecule has 2 rings (SSSR count). The number of carbonyl (C=O) groups excluding carboxylic acids is 11. The number of amides is 11. The highest BCUT2D eigenvalue weighted by molar-refractivity contribution is 7.80. The number of phenolic OH excluding ortho intramolecular Hbond substituents is 1. The van der Waals surface area contributed by atoms with Crippen molar-refractivity contribution >= 4 is 89.5 Å². The third-order valence-corrected chi connectivity index (χ3v) is 13.8. The van der Waals surface area contributed by atoms with Crippen LogP contribution in [0.1, 0.15) is 98.0 Å². The van der Waals surface area contributed by atoms with Crippen LogP contribution in [-0.2, 0) is 64.0 Å². The van der Waals surface area contributed by atoms with Gasteiger partial charge in [0.25, 0.3) is 0 Å². The van der Waals surface area contributed by atoms with Crippen molar-refractivity contribution in [3.05, 3.63) is 29.8 Å². The fourth-order valence-corrected chi connectivity index (χ4v) is 8.99. The molecule has 23 N–H and O–H groups in total. The Morgan fingerprint density at radius 3 is 1.71 bits per heavy atom. The van der Waals surface area contributed by atoms with Gasteiger partial charge in [0.05, 0.1) is 25.2 Å². The predicted molar refractivity (Wildman–Crippen MR) is 314 cm³/mol. The molecule has 11 atom stereocenters. The van der Waals surface area contributed by atoms with E-state index in [4.69, 9.17) is 33.8 Å². The number of nitrogens with zero attached hydrogens (tertiary/aromatic N) is 2. The molecule has 33 heteroatoms. The van der Waals surface area contributed by atoms with Crippen molar-refractivity contribution in [2.24, 2.45) is 45.5 Å². The Hall–Kier alpha value is -7.88. The van der Waals surface area contributed by atoms with E-state index in [0.717, 1.165) is 6.92 Å². The van der Waals surface area contributed by atoms with Crippen LogP contribution in [0.5, 0.6) is 5.75 Å². The maximum atomic E-state index is 14.5. The molecule has 0 spiro atoms. The van der Waals surface area contributed by atoms with Gasteiger partial charge in [-0.25, -0.2) is 0 Å². The highest BCUT2D eigenvalue weighted by atomic mass is 32.1. The second kappa shape index (κ2) is 37.5. The molecule has 11 amide bonds. The van der Waals surface area contributed by atoms with E-state index in [1.54, 1.807) is 27.7 Å². The molecule has 0 aliphatic carbocycles. The summed E-state index contributed by atoms with van der Waals surface area (Å²) < 4.78 is 0. The molecule has 1 aromatic carbocycles. The highest BCUT2D eigenvalue weighted by Crippen LogP contribution is 2.21. The average molecular weight is 1240 g/mol. The second-order valence-corrected chi connectivity index (χ2v) is 21.9. The van der Waals surface area contributed by atoms with Crippen molar-refractivity contribution in [2.75, 3.05) is 38.5 Å². The Morgan fingerprint density at radius 1 is 0.674 bits per heavy atom. The molecule has 0 unspecified atom stereocenters. The van der Waals surface area contributed by atoms with E-state index in [1.807, 2.05) is 0 Å². The number of thiol groups is 1. The zero-order valence-electron chi connectivity index (χ0n) is 49.0. The zero-order chi connectivity index (χ0) is 65.0. The second-order valence-electron chi connectivity index (χ2n) is 21.5. The molecular formula is C53H88N16O16S. The SMILES string of the molecule is CC(C)C[C@H](NC(=O)[C@H](CCCN=C(N)N)NC(=O)[C@H](CCCCN)NC(=O)[C@H](Cc1ccc(O)cc1)NC(=O)[C@H](CO)NC(=O)[C@H](CC(N)=O)NC(=O)[C@@H](NC(=O)[C@@H](N)CS)[C@@H](C)O)C(=O)N[C@H](C(=O)N1CCC[C@H]1C(=O)NCC(=O)O)C(C)C. The summed E-state index contributed by atoms with van der Waals surface area (Å²) in [5.74, 6) is -13.1. The number of carboxylic acid groups (broad SMARTS) is 1. The van der Waals surface area contributed by atoms with Gasteiger partial charge < -0.3 is 102 Å². The summed E-state index contributed by atoms with van der Waals surface area (Å²) in [6, 6.07) is -9.33. The number of benzene rings is 1. The van der Waals surface area contributed by atoms with Gasteiger partial charge in [-0.15, -0.1) is 0 Å². The lowest BCUT2D eigenvalue weighted by molar-refractivity contribution is -0.144. The monoisotopic (exact) mass is 1240 g/mol. The fraction of sp³-hybridized carbons (Fsp3) is 0.642. The van der Waals surface area contributed by atoms with E-state index >= 15 is 0 Å². The van der Waals surface area contributed by atoms with Gasteiger partial charge in [0.1, 0.15) is 66.7 Å². The van der Waals surface area contributed by atoms with Crippen LogP contribution in [0.3, 0.4) is 0 Å². The first-order valence-electron chi connectivity index (χ1n) is 28.1. The van der Waals surface area contributed by atoms with Gasteiger partial charge in [0.15, 0.2) is 5.96 Å². The Labute approximate surface area is 503 Å². The number of primary amides is 1. The summed E-state index contributed by atoms with van der Waals surface area (Å²) in [6.07, 6.45) is -1.64. The number of aromatic hydroxyl groups is 1. The Kier molecular flexibility index (Phi) is 32.4. The number of aliphatic imine (C=N–C) groups is 1. The summed E-state index contributed by atoms with van der Waals surface area (Å²) in [5, 5.41) is 61.8. The summed E-state index contributed by atoms with van der Waals surface area (Å²) in [4.78, 5) is 167. The summed E-state index contributed by atoms with van der Waals surface area (Å²) in [5.41, 5.74) is 28.3. The van der Waals surface area contributed by atoms with E-state index in [-0.39, 0.29) is 88.0 Å². The van der Waals surface area contributed by atoms with Crippen LogP contribution in [0.2, 0.25) is 0 Å². The van der Waals surface area contributed by atoms with Crippen molar-refractivity contribution in [3.63, 3.8) is 0 Å². The molecule has 1 aliphatic heterocycles. The van der Waals surface area contributed by atoms with Crippen molar-refractivity contribution < 1.29 is 78.0 Å². The maximum absolute atomic E-state index is 14.5. The van der Waals surface area contributed by atoms with Crippen LogP contribution in [0, 0.1) is 11.8 Å². The minimum Gasteiger partial charge on any atom is -0.508 e. The Bertz CT molecular complexity index is 2520. The van der Waals surface area contributed by atoms with Gasteiger partial charge in [-0.3, -0.25) is 62.5 Å². The number of aliphatic carboxylic acids is 1. The number of phenols is 1. The fourth-order valence-electron chi connectivity index (χ4n) is 8.82. The quantitative estimate of drug-likeness (QED) is 0.0127. The van der Waals surface area contributed by atoms with Crippen LogP contribution in [0.4, 0.5) is 0 Å². The number of rotatable bonds is 38. The third kappa shape index (κ3) is 25.8. The zero-order valence-corrected chi connectivity index (χ0v) is 49.9. The number of guanidine groups is 1. The first kappa shape index (κ1) is 74.2. The number of aliphatic hydroxyl groups excluding tert-OH is 2. The lowest BCUT2D eigenvalue weighted by Crippen LogP contribution is -2.62. The number of nitrogens with two attached hydrogens (primary N) is 5. The number of unbranched alkanes of at least 4 members (excludes halogenated alkanes) is 1. The normalized spacial score (nSPS) is 16.4. The van der Waals surface area contributed by atoms with Gasteiger partial charge >= 0.3 is 5.97 Å². The predicted octanol–water partition coefficient (Wildman–Crippen LogP) is -6.60. The van der Waals surface area contributed by atoms with Crippen LogP contribution >= 0.6 is 12.6 Å². The van der Waals surface area contributed by atoms with E-state index < -0.39 is 163 Å². The Balaban J connectivity index is 2.53. The van der Waals surface area contributed by atoms with E-state index in [9.17, 15) is 72.9 Å². The van der Waals surface area contributed by atoms with Crippen LogP contribution in [0.15, 0.2) is 29.3 Å². The van der Waals surface area contributed by atoms with Crippen LogP contribution in [0.25, 0.3) is 0 Å². The first-order chi connectivity index (χ1) is 40.4. The standard InChI is InChI=1S/C53H88N16O16S/c1-26(2)20-34(48(81)67-41(27(3)4)52(85)69-19-9-12-38(69)50(83)60-23-40(74)75)63-45(78)33(11-8-18-59-53(57)58)61-44(77)32(10-6-7-17-54)62-46(79)35(21-29-13-15-30(72)16-14-29)64-49(82)37(24-70)66-47(80)36(22-39(56)73)65-51(84)42(28(5)71)68-43(76)31(55)25-86/h13-16,26-28,31-38,41-42,70-72,86H,6-12,17-25,54-55H2,1-5H3,(H2,56,73)(H,60,83)(H,61,77)(H,62,79)(H,63,78)(H,64,82)(H,65,84)(H,66,80)(H,67,81)(H,68,76)(H,74,75)(H4,57,58,59)/t28-,31+,32+,33+,34+,35+,36+,37+,38+,41+,42+/m1/s1. The molecule has 1 aliphatic rings. The molecule has 0 radical (unpaired) electrons. The summed E-state index contributed by atoms with van der Waals surface area (Å²) >= 11 is 3.93. The molecule has 1 fully saturated rings. The average Bonchev–Trinajstić information content (AvgIpc) is 2.54. The van der Waals surface area contributed by atoms with E-state index in [2.05, 4.69) is 65.5 Å². The van der Waals surface area contributed by atoms with Crippen molar-refractivity contribution in [3.8, 4) is 5.75 Å². The summed E-state index contributed by atoms with van der Waals surface area (Å²) in [6.45, 7) is 6.52. The minimum absolute atomic E-state index is 0.0113. The van der Waals surface area contributed by atoms with Crippen molar-refractivity contribution in [1.82, 2.24) is 52.8 Å². The molecular weight excluding hydrogens is 1150 g/mol. The molecule has 482 valence electrons. The molecule has 0 aromatic heterocycles. The smallest absolute Gasteiger partial charge is 0.322 e. The molecule has 1 heterocycles. The molecule has 0 saturated carbocycles. The number of carboxylic acids is 1. The Morgan fingerprint density at radius 2 is 1.19 bits per heavy atom. The van der Waals surface area contributed by atoms with Crippen molar-refractivity contribution in [1.29, 1.82) is 0 Å². The lowest BCUT2D eigenvalue weighted by Gasteiger charge is -2.32. The van der Waals surface area contributed by atoms with E-state index in [1.165, 1.54) is 29.2 Å². The van der Waals surface area contributed by atoms with Gasteiger partial charge in [-0.2, -0.15) is 12.6 Å². The number of carbonyl (C=O) groups is 12. The first-order valence-corrected chi connectivity index (χ1v) is 28.8. The molecule has 1 aromatic rings. The van der Waals surface area contributed by atoms with Gasteiger partial charge in [-0.05, 0) is 94.4 Å². The number of hydrogen-bond acceptors (Lipinski definition) is 19.